The molecule has 6 aromatic rings. The van der Waals surface area contributed by atoms with Gasteiger partial charge in [0.1, 0.15) is 0 Å². The highest BCUT2D eigenvalue weighted by Gasteiger charge is 2.43. The number of hydrogen-bond acceptors (Lipinski definition) is 1. The summed E-state index contributed by atoms with van der Waals surface area (Å²) in [4.78, 5) is 2.57. The number of hydrogen-bond donors (Lipinski definition) is 0. The zero-order valence-corrected chi connectivity index (χ0v) is 24.5. The first-order valence-electron chi connectivity index (χ1n) is 15.7. The van der Waals surface area contributed by atoms with E-state index in [1.807, 2.05) is 0 Å². The van der Waals surface area contributed by atoms with Gasteiger partial charge >= 0.3 is 0 Å². The van der Waals surface area contributed by atoms with Crippen molar-refractivity contribution in [1.82, 2.24) is 4.57 Å². The summed E-state index contributed by atoms with van der Waals surface area (Å²) in [6.07, 6.45) is 14.0. The van der Waals surface area contributed by atoms with Gasteiger partial charge in [-0.1, -0.05) is 121 Å². The Bertz CT molecular complexity index is 2140. The van der Waals surface area contributed by atoms with E-state index in [4.69, 9.17) is 0 Å². The zero-order valence-electron chi connectivity index (χ0n) is 24.5. The Hall–Kier alpha value is -5.34. The van der Waals surface area contributed by atoms with Gasteiger partial charge in [-0.2, -0.15) is 0 Å². The van der Waals surface area contributed by atoms with Gasteiger partial charge in [-0.3, -0.25) is 0 Å². The van der Waals surface area contributed by atoms with Crippen molar-refractivity contribution in [2.75, 3.05) is 4.90 Å². The van der Waals surface area contributed by atoms with Gasteiger partial charge in [-0.25, -0.2) is 0 Å². The van der Waals surface area contributed by atoms with E-state index in [2.05, 4.69) is 167 Å². The minimum absolute atomic E-state index is 0.189. The van der Waals surface area contributed by atoms with E-state index in [0.717, 1.165) is 12.8 Å². The number of aromatic nitrogens is 1. The SMILES string of the molecule is C1=CC(c2cccc(N3c4ccccc4C4c5c(n(-c6ccccc6-c6ccccc6)c6ccccc56)C=CC43)c2)=CCC1. The van der Waals surface area contributed by atoms with E-state index < -0.39 is 0 Å². The Balaban J connectivity index is 1.25. The average molecular weight is 565 g/mol. The van der Waals surface area contributed by atoms with Gasteiger partial charge in [0.2, 0.25) is 0 Å². The maximum absolute atomic E-state index is 2.57. The molecule has 0 N–H and O–H groups in total. The fraction of sp³-hybridized carbons (Fsp3) is 0.0952. The first kappa shape index (κ1) is 25.2. The van der Waals surface area contributed by atoms with Crippen molar-refractivity contribution < 1.29 is 0 Å². The molecule has 2 unspecified atom stereocenters. The summed E-state index contributed by atoms with van der Waals surface area (Å²) < 4.78 is 2.49. The molecule has 3 aliphatic rings. The lowest BCUT2D eigenvalue weighted by Gasteiger charge is -2.31. The third-order valence-corrected chi connectivity index (χ3v) is 9.57. The van der Waals surface area contributed by atoms with Crippen molar-refractivity contribution >= 4 is 33.9 Å². The van der Waals surface area contributed by atoms with Gasteiger partial charge in [-0.15, -0.1) is 0 Å². The van der Waals surface area contributed by atoms with Crippen LogP contribution in [0.25, 0.3) is 39.4 Å². The Labute approximate surface area is 258 Å². The van der Waals surface area contributed by atoms with Crippen LogP contribution in [0.15, 0.2) is 152 Å². The largest absolute Gasteiger partial charge is 0.333 e. The van der Waals surface area contributed by atoms with Crippen LogP contribution in [0.2, 0.25) is 0 Å². The Morgan fingerprint density at radius 3 is 2.27 bits per heavy atom. The van der Waals surface area contributed by atoms with Crippen molar-refractivity contribution in [1.29, 1.82) is 0 Å². The minimum atomic E-state index is 0.189. The molecule has 210 valence electrons. The molecule has 9 rings (SSSR count). The van der Waals surface area contributed by atoms with Gasteiger partial charge in [-0.05, 0) is 77.1 Å². The lowest BCUT2D eigenvalue weighted by molar-refractivity contribution is 0.725. The van der Waals surface area contributed by atoms with Crippen LogP contribution < -0.4 is 4.90 Å². The number of rotatable bonds is 4. The van der Waals surface area contributed by atoms with Crippen LogP contribution in [0.4, 0.5) is 11.4 Å². The van der Waals surface area contributed by atoms with Gasteiger partial charge in [0.15, 0.2) is 0 Å². The first-order chi connectivity index (χ1) is 21.9. The molecule has 2 aliphatic carbocycles. The second-order valence-corrected chi connectivity index (χ2v) is 12.0. The predicted octanol–water partition coefficient (Wildman–Crippen LogP) is 10.7. The van der Waals surface area contributed by atoms with Crippen LogP contribution in [0.5, 0.6) is 0 Å². The fourth-order valence-corrected chi connectivity index (χ4v) is 7.72. The summed E-state index contributed by atoms with van der Waals surface area (Å²) in [6.45, 7) is 0. The highest BCUT2D eigenvalue weighted by Crippen LogP contribution is 2.54. The maximum Gasteiger partial charge on any atom is 0.0637 e. The molecule has 0 fully saturated rings. The zero-order chi connectivity index (χ0) is 29.0. The number of fused-ring (bicyclic) bond motifs is 7. The van der Waals surface area contributed by atoms with Crippen molar-refractivity contribution in [2.45, 2.75) is 24.8 Å². The van der Waals surface area contributed by atoms with Crippen molar-refractivity contribution in [3.8, 4) is 16.8 Å². The molecule has 5 aromatic carbocycles. The topological polar surface area (TPSA) is 8.17 Å². The average Bonchev–Trinajstić information content (AvgIpc) is 3.62. The van der Waals surface area contributed by atoms with Crippen LogP contribution in [0, 0.1) is 0 Å². The second-order valence-electron chi connectivity index (χ2n) is 12.0. The molecular formula is C42H32N2. The van der Waals surface area contributed by atoms with Crippen molar-refractivity contribution in [2.24, 2.45) is 0 Å². The molecule has 0 bridgehead atoms. The predicted molar refractivity (Wildman–Crippen MR) is 185 cm³/mol. The van der Waals surface area contributed by atoms with E-state index in [0.29, 0.717) is 0 Å². The maximum atomic E-state index is 2.57. The third kappa shape index (κ3) is 3.81. The van der Waals surface area contributed by atoms with Crippen molar-refractivity contribution in [3.63, 3.8) is 0 Å². The lowest BCUT2D eigenvalue weighted by Crippen LogP contribution is -2.30. The molecule has 0 amide bonds. The quantitative estimate of drug-likeness (QED) is 0.207. The monoisotopic (exact) mass is 564 g/mol. The highest BCUT2D eigenvalue weighted by molar-refractivity contribution is 5.95. The van der Waals surface area contributed by atoms with Crippen LogP contribution in [0.1, 0.15) is 41.1 Å². The molecule has 2 nitrogen and oxygen atoms in total. The first-order valence-corrected chi connectivity index (χ1v) is 15.7. The molecule has 44 heavy (non-hydrogen) atoms. The van der Waals surface area contributed by atoms with Crippen LogP contribution in [0.3, 0.4) is 0 Å². The van der Waals surface area contributed by atoms with Crippen LogP contribution in [-0.4, -0.2) is 10.6 Å². The van der Waals surface area contributed by atoms with Crippen molar-refractivity contribution in [3.05, 3.63) is 174 Å². The molecule has 0 spiro atoms. The van der Waals surface area contributed by atoms with E-state index in [1.54, 1.807) is 0 Å². The van der Waals surface area contributed by atoms with Gasteiger partial charge in [0, 0.05) is 28.2 Å². The molecule has 0 saturated carbocycles. The Morgan fingerprint density at radius 2 is 1.39 bits per heavy atom. The fourth-order valence-electron chi connectivity index (χ4n) is 7.72. The molecule has 1 aliphatic heterocycles. The summed E-state index contributed by atoms with van der Waals surface area (Å²) in [5, 5.41) is 1.33. The molecule has 2 heterocycles. The van der Waals surface area contributed by atoms with Gasteiger partial charge in [0.25, 0.3) is 0 Å². The number of para-hydroxylation sites is 3. The van der Waals surface area contributed by atoms with Crippen LogP contribution >= 0.6 is 0 Å². The molecular weight excluding hydrogens is 532 g/mol. The van der Waals surface area contributed by atoms with Crippen LogP contribution in [-0.2, 0) is 0 Å². The number of benzene rings is 5. The summed E-state index contributed by atoms with van der Waals surface area (Å²) in [6, 6.07) is 46.9. The summed E-state index contributed by atoms with van der Waals surface area (Å²) >= 11 is 0. The normalized spacial score (nSPS) is 18.2. The summed E-state index contributed by atoms with van der Waals surface area (Å²) in [7, 11) is 0. The van der Waals surface area contributed by atoms with E-state index in [9.17, 15) is 0 Å². The lowest BCUT2D eigenvalue weighted by atomic mass is 9.82. The highest BCUT2D eigenvalue weighted by atomic mass is 15.2. The smallest absolute Gasteiger partial charge is 0.0637 e. The molecule has 2 atom stereocenters. The standard InChI is InChI=1S/C42H32N2/c1-3-14-29(15-4-1)31-18-13-19-32(28-31)43-37-24-11-8-21-34(37)41-39(43)26-27-40-42(41)35-22-9-12-25-38(35)44(40)36-23-10-7-20-33(36)30-16-5-2-6-17-30/h2-3,5-28,39,41H,1,4H2. The number of anilines is 2. The van der Waals surface area contributed by atoms with E-state index in [1.165, 1.54) is 67.0 Å². The molecule has 1 aromatic heterocycles. The summed E-state index contributed by atoms with van der Waals surface area (Å²) in [5.41, 5.74) is 14.2. The number of nitrogens with zero attached hydrogens (tertiary/aromatic N) is 2. The van der Waals surface area contributed by atoms with Gasteiger partial charge in [0.05, 0.1) is 22.9 Å². The summed E-state index contributed by atoms with van der Waals surface area (Å²) in [5.74, 6) is 0.221. The third-order valence-electron chi connectivity index (χ3n) is 9.57. The Kier molecular flexibility index (Phi) is 5.80. The minimum Gasteiger partial charge on any atom is -0.333 e. The molecule has 0 saturated heterocycles. The molecule has 2 heteroatoms. The van der Waals surface area contributed by atoms with E-state index >= 15 is 0 Å². The second kappa shape index (κ2) is 10.1. The number of allylic oxidation sites excluding steroid dienone is 4. The molecule has 0 radical (unpaired) electrons. The van der Waals surface area contributed by atoms with E-state index in [-0.39, 0.29) is 12.0 Å². The van der Waals surface area contributed by atoms with Gasteiger partial charge < -0.3 is 9.47 Å². The Morgan fingerprint density at radius 1 is 0.614 bits per heavy atom.